The van der Waals surface area contributed by atoms with Gasteiger partial charge in [-0.2, -0.15) is 0 Å². The van der Waals surface area contributed by atoms with Gasteiger partial charge in [0.15, 0.2) is 5.17 Å². The number of non-ortho nitro benzene ring substituents is 1. The normalized spacial score (nSPS) is 20.7. The van der Waals surface area contributed by atoms with Gasteiger partial charge in [-0.25, -0.2) is 4.99 Å². The second-order valence-corrected chi connectivity index (χ2v) is 7.16. The van der Waals surface area contributed by atoms with Gasteiger partial charge in [0.05, 0.1) is 16.0 Å². The van der Waals surface area contributed by atoms with E-state index in [1.165, 1.54) is 0 Å². The highest BCUT2D eigenvalue weighted by molar-refractivity contribution is 8.14. The molecule has 1 fully saturated rings. The molecule has 2 aromatic carbocycles. The predicted octanol–water partition coefficient (Wildman–Crippen LogP) is 4.83. The van der Waals surface area contributed by atoms with Crippen LogP contribution in [0.2, 0.25) is 0 Å². The standard InChI is InChI=1S/C18H21N3O2S/c1-4-12(2)17-11-24-18(20(17)3)19-15-9-10-16(21(22)23)14-8-6-5-7-13(14)15/h5-10,12,17H,4,11H2,1-3H3/t12?,17-/m1/s1. The van der Waals surface area contributed by atoms with Crippen LogP contribution in [-0.4, -0.2) is 33.8 Å². The monoisotopic (exact) mass is 343 g/mol. The minimum absolute atomic E-state index is 0.125. The van der Waals surface area contributed by atoms with Crippen LogP contribution in [0.1, 0.15) is 20.3 Å². The number of hydrogen-bond donors (Lipinski definition) is 0. The zero-order valence-electron chi connectivity index (χ0n) is 14.1. The summed E-state index contributed by atoms with van der Waals surface area (Å²) < 4.78 is 0. The highest BCUT2D eigenvalue weighted by atomic mass is 32.2. The van der Waals surface area contributed by atoms with Crippen molar-refractivity contribution in [2.24, 2.45) is 10.9 Å². The van der Waals surface area contributed by atoms with Crippen molar-refractivity contribution in [3.63, 3.8) is 0 Å². The lowest BCUT2D eigenvalue weighted by Gasteiger charge is -2.25. The molecule has 0 radical (unpaired) electrons. The molecule has 1 unspecified atom stereocenters. The summed E-state index contributed by atoms with van der Waals surface area (Å²) in [5.41, 5.74) is 0.912. The van der Waals surface area contributed by atoms with Gasteiger partial charge in [0.1, 0.15) is 0 Å². The van der Waals surface area contributed by atoms with Crippen molar-refractivity contribution < 1.29 is 4.92 Å². The van der Waals surface area contributed by atoms with E-state index < -0.39 is 0 Å². The molecule has 2 atom stereocenters. The molecule has 0 spiro atoms. The number of nitro benzene ring substituents is 1. The zero-order chi connectivity index (χ0) is 17.3. The van der Waals surface area contributed by atoms with Gasteiger partial charge in [-0.1, -0.05) is 50.2 Å². The van der Waals surface area contributed by atoms with Crippen molar-refractivity contribution in [2.75, 3.05) is 12.8 Å². The molecule has 0 amide bonds. The predicted molar refractivity (Wildman–Crippen MR) is 101 cm³/mol. The maximum Gasteiger partial charge on any atom is 0.277 e. The Balaban J connectivity index is 2.02. The summed E-state index contributed by atoms with van der Waals surface area (Å²) in [5.74, 6) is 1.65. The van der Waals surface area contributed by atoms with Crippen molar-refractivity contribution in [1.29, 1.82) is 0 Å². The third-order valence-corrected chi connectivity index (χ3v) is 5.92. The molecule has 6 heteroatoms. The average molecular weight is 343 g/mol. The van der Waals surface area contributed by atoms with Gasteiger partial charge in [0.25, 0.3) is 5.69 Å². The van der Waals surface area contributed by atoms with Gasteiger partial charge in [0, 0.05) is 30.3 Å². The van der Waals surface area contributed by atoms with Crippen LogP contribution in [-0.2, 0) is 0 Å². The minimum Gasteiger partial charge on any atom is -0.350 e. The molecule has 0 N–H and O–H groups in total. The third kappa shape index (κ3) is 2.98. The minimum atomic E-state index is -0.339. The summed E-state index contributed by atoms with van der Waals surface area (Å²) >= 11 is 1.76. The number of nitrogens with zero attached hydrogens (tertiary/aromatic N) is 3. The number of fused-ring (bicyclic) bond motifs is 1. The van der Waals surface area contributed by atoms with Crippen LogP contribution in [0.4, 0.5) is 11.4 Å². The Hall–Kier alpha value is -2.08. The van der Waals surface area contributed by atoms with E-state index in [1.54, 1.807) is 30.0 Å². The Morgan fingerprint density at radius 2 is 2.04 bits per heavy atom. The van der Waals surface area contributed by atoms with Crippen molar-refractivity contribution >= 4 is 39.1 Å². The second kappa shape index (κ2) is 6.81. The number of nitro groups is 1. The summed E-state index contributed by atoms with van der Waals surface area (Å²) in [7, 11) is 2.09. The molecule has 5 nitrogen and oxygen atoms in total. The molecule has 0 saturated carbocycles. The lowest BCUT2D eigenvalue weighted by molar-refractivity contribution is -0.383. The third-order valence-electron chi connectivity index (χ3n) is 4.77. The van der Waals surface area contributed by atoms with E-state index in [2.05, 4.69) is 25.8 Å². The Morgan fingerprint density at radius 1 is 1.33 bits per heavy atom. The van der Waals surface area contributed by atoms with Crippen LogP contribution in [0.3, 0.4) is 0 Å². The van der Waals surface area contributed by atoms with Gasteiger partial charge in [-0.05, 0) is 18.1 Å². The molecule has 1 heterocycles. The molecule has 1 aliphatic heterocycles. The summed E-state index contributed by atoms with van der Waals surface area (Å²) in [5, 5.41) is 13.7. The molecule has 3 rings (SSSR count). The SMILES string of the molecule is CCC(C)[C@H]1CSC(=Nc2ccc([N+](=O)[O-])c3ccccc23)N1C. The van der Waals surface area contributed by atoms with Crippen LogP contribution in [0.25, 0.3) is 10.8 Å². The zero-order valence-corrected chi connectivity index (χ0v) is 14.9. The fourth-order valence-corrected chi connectivity index (χ4v) is 4.45. The van der Waals surface area contributed by atoms with E-state index in [4.69, 9.17) is 4.99 Å². The number of thioether (sulfide) groups is 1. The van der Waals surface area contributed by atoms with Crippen LogP contribution >= 0.6 is 11.8 Å². The van der Waals surface area contributed by atoms with E-state index in [-0.39, 0.29) is 10.6 Å². The van der Waals surface area contributed by atoms with E-state index >= 15 is 0 Å². The summed E-state index contributed by atoms with van der Waals surface area (Å²) in [6.07, 6.45) is 1.14. The summed E-state index contributed by atoms with van der Waals surface area (Å²) in [6, 6.07) is 11.2. The van der Waals surface area contributed by atoms with Crippen LogP contribution in [0.15, 0.2) is 41.4 Å². The van der Waals surface area contributed by atoms with E-state index in [0.717, 1.165) is 28.4 Å². The molecule has 0 aliphatic carbocycles. The highest BCUT2D eigenvalue weighted by Gasteiger charge is 2.30. The summed E-state index contributed by atoms with van der Waals surface area (Å²) in [6.45, 7) is 4.48. The Kier molecular flexibility index (Phi) is 4.76. The van der Waals surface area contributed by atoms with Crippen molar-refractivity contribution in [1.82, 2.24) is 4.90 Å². The van der Waals surface area contributed by atoms with Gasteiger partial charge in [-0.15, -0.1) is 0 Å². The Labute approximate surface area is 145 Å². The maximum absolute atomic E-state index is 11.2. The molecule has 1 aliphatic rings. The van der Waals surface area contributed by atoms with Crippen molar-refractivity contribution in [2.45, 2.75) is 26.3 Å². The average Bonchev–Trinajstić information content (AvgIpc) is 2.95. The van der Waals surface area contributed by atoms with Gasteiger partial charge >= 0.3 is 0 Å². The number of hydrogen-bond acceptors (Lipinski definition) is 4. The first-order chi connectivity index (χ1) is 11.5. The second-order valence-electron chi connectivity index (χ2n) is 6.18. The smallest absolute Gasteiger partial charge is 0.277 e. The molecule has 2 aromatic rings. The van der Waals surface area contributed by atoms with Crippen LogP contribution in [0, 0.1) is 16.0 Å². The highest BCUT2D eigenvalue weighted by Crippen LogP contribution is 2.36. The van der Waals surface area contributed by atoms with Gasteiger partial charge in [0.2, 0.25) is 0 Å². The first-order valence-corrected chi connectivity index (χ1v) is 9.12. The van der Waals surface area contributed by atoms with Crippen molar-refractivity contribution in [3.05, 3.63) is 46.5 Å². The van der Waals surface area contributed by atoms with Crippen LogP contribution in [0.5, 0.6) is 0 Å². The fraction of sp³-hybridized carbons (Fsp3) is 0.389. The van der Waals surface area contributed by atoms with E-state index in [1.807, 2.05) is 18.2 Å². The van der Waals surface area contributed by atoms with Gasteiger partial charge in [-0.3, -0.25) is 10.1 Å². The molecule has 0 aromatic heterocycles. The molecule has 126 valence electrons. The molecule has 24 heavy (non-hydrogen) atoms. The first-order valence-electron chi connectivity index (χ1n) is 8.13. The van der Waals surface area contributed by atoms with E-state index in [0.29, 0.717) is 17.3 Å². The molecule has 1 saturated heterocycles. The lowest BCUT2D eigenvalue weighted by Crippen LogP contribution is -2.34. The van der Waals surface area contributed by atoms with Gasteiger partial charge < -0.3 is 4.90 Å². The first kappa shape index (κ1) is 16.8. The number of rotatable bonds is 4. The summed E-state index contributed by atoms with van der Waals surface area (Å²) in [4.78, 5) is 18.0. The maximum atomic E-state index is 11.2. The quantitative estimate of drug-likeness (QED) is 0.589. The van der Waals surface area contributed by atoms with E-state index in [9.17, 15) is 10.1 Å². The topological polar surface area (TPSA) is 58.7 Å². The Morgan fingerprint density at radius 3 is 2.71 bits per heavy atom. The molecule has 0 bridgehead atoms. The number of amidine groups is 1. The number of aliphatic imine (C=N–C) groups is 1. The lowest BCUT2D eigenvalue weighted by atomic mass is 10.0. The molecular formula is C18H21N3O2S. The number of benzene rings is 2. The largest absolute Gasteiger partial charge is 0.350 e. The van der Waals surface area contributed by atoms with Crippen molar-refractivity contribution in [3.8, 4) is 0 Å². The fourth-order valence-electron chi connectivity index (χ4n) is 3.07. The van der Waals surface area contributed by atoms with Crippen LogP contribution < -0.4 is 0 Å². The molecular weight excluding hydrogens is 322 g/mol. The Bertz CT molecular complexity index is 806.